The fourth-order valence-electron chi connectivity index (χ4n) is 1.79. The number of anilines is 1. The zero-order valence-corrected chi connectivity index (χ0v) is 9.28. The first-order valence-electron chi connectivity index (χ1n) is 5.14. The summed E-state index contributed by atoms with van der Waals surface area (Å²) >= 11 is 0. The van der Waals surface area contributed by atoms with E-state index in [4.69, 9.17) is 4.74 Å². The minimum Gasteiger partial charge on any atom is -0.491 e. The van der Waals surface area contributed by atoms with Gasteiger partial charge >= 0.3 is 0 Å². The first-order chi connectivity index (χ1) is 7.08. The molecule has 0 N–H and O–H groups in total. The second kappa shape index (κ2) is 3.57. The zero-order chi connectivity index (χ0) is 11.0. The average molecular weight is 205 g/mol. The molecule has 80 valence electrons. The number of likely N-dealkylation sites (N-methyl/N-ethyl adjacent to an activating group) is 1. The highest BCUT2D eigenvalue weighted by Crippen LogP contribution is 2.31. The molecule has 0 spiro atoms. The van der Waals surface area contributed by atoms with Crippen LogP contribution in [0, 0.1) is 0 Å². The van der Waals surface area contributed by atoms with Crippen molar-refractivity contribution >= 4 is 11.6 Å². The van der Waals surface area contributed by atoms with Crippen LogP contribution in [0.15, 0.2) is 18.2 Å². The van der Waals surface area contributed by atoms with E-state index in [0.717, 1.165) is 17.0 Å². The molecule has 0 unspecified atom stereocenters. The van der Waals surface area contributed by atoms with Gasteiger partial charge in [0, 0.05) is 12.7 Å². The Kier molecular flexibility index (Phi) is 2.39. The Balaban J connectivity index is 2.29. The number of amides is 1. The van der Waals surface area contributed by atoms with Crippen molar-refractivity contribution in [3.8, 4) is 5.75 Å². The van der Waals surface area contributed by atoms with Crippen LogP contribution in [0.25, 0.3) is 0 Å². The third kappa shape index (κ3) is 1.82. The van der Waals surface area contributed by atoms with Crippen LogP contribution in [-0.4, -0.2) is 19.1 Å². The van der Waals surface area contributed by atoms with Gasteiger partial charge in [-0.2, -0.15) is 0 Å². The fraction of sp³-hybridized carbons (Fsp3) is 0.417. The summed E-state index contributed by atoms with van der Waals surface area (Å²) < 4.78 is 5.58. The highest BCUT2D eigenvalue weighted by Gasteiger charge is 2.24. The molecule has 15 heavy (non-hydrogen) atoms. The molecule has 1 aliphatic heterocycles. The monoisotopic (exact) mass is 205 g/mol. The molecular weight excluding hydrogens is 190 g/mol. The molecule has 0 saturated heterocycles. The maximum atomic E-state index is 11.4. The van der Waals surface area contributed by atoms with Crippen molar-refractivity contribution in [2.24, 2.45) is 0 Å². The molecule has 1 aromatic rings. The SMILES string of the molecule is CC(C)Oc1ccc2c(c1)CC(=O)N2C. The van der Waals surface area contributed by atoms with Crippen LogP contribution in [-0.2, 0) is 11.2 Å². The molecule has 1 amide bonds. The molecule has 2 rings (SSSR count). The molecule has 0 fully saturated rings. The van der Waals surface area contributed by atoms with Crippen LogP contribution < -0.4 is 9.64 Å². The van der Waals surface area contributed by atoms with Gasteiger partial charge in [0.05, 0.1) is 12.5 Å². The van der Waals surface area contributed by atoms with Gasteiger partial charge < -0.3 is 9.64 Å². The Labute approximate surface area is 89.7 Å². The van der Waals surface area contributed by atoms with Gasteiger partial charge in [0.25, 0.3) is 0 Å². The summed E-state index contributed by atoms with van der Waals surface area (Å²) in [5, 5.41) is 0. The van der Waals surface area contributed by atoms with Crippen molar-refractivity contribution in [3.63, 3.8) is 0 Å². The van der Waals surface area contributed by atoms with E-state index < -0.39 is 0 Å². The van der Waals surface area contributed by atoms with E-state index in [1.807, 2.05) is 32.0 Å². The minimum atomic E-state index is 0.145. The molecule has 1 aliphatic rings. The second-order valence-corrected chi connectivity index (χ2v) is 4.09. The molecule has 3 nitrogen and oxygen atoms in total. The van der Waals surface area contributed by atoms with Crippen LogP contribution in [0.4, 0.5) is 5.69 Å². The van der Waals surface area contributed by atoms with Crippen molar-refractivity contribution in [1.82, 2.24) is 0 Å². The molecular formula is C12H15NO2. The van der Waals surface area contributed by atoms with E-state index >= 15 is 0 Å². The molecule has 3 heteroatoms. The van der Waals surface area contributed by atoms with Crippen molar-refractivity contribution < 1.29 is 9.53 Å². The summed E-state index contributed by atoms with van der Waals surface area (Å²) in [6.07, 6.45) is 0.652. The van der Waals surface area contributed by atoms with E-state index in [-0.39, 0.29) is 12.0 Å². The zero-order valence-electron chi connectivity index (χ0n) is 9.28. The van der Waals surface area contributed by atoms with Crippen LogP contribution in [0.5, 0.6) is 5.75 Å². The lowest BCUT2D eigenvalue weighted by Gasteiger charge is -2.12. The van der Waals surface area contributed by atoms with E-state index in [1.165, 1.54) is 0 Å². The number of carbonyl (C=O) groups excluding carboxylic acids is 1. The van der Waals surface area contributed by atoms with Crippen molar-refractivity contribution in [2.75, 3.05) is 11.9 Å². The van der Waals surface area contributed by atoms with Crippen LogP contribution >= 0.6 is 0 Å². The van der Waals surface area contributed by atoms with E-state index in [9.17, 15) is 4.79 Å². The van der Waals surface area contributed by atoms with E-state index in [1.54, 1.807) is 11.9 Å². The molecule has 0 aromatic heterocycles. The molecule has 0 bridgehead atoms. The van der Waals surface area contributed by atoms with Crippen molar-refractivity contribution in [1.29, 1.82) is 0 Å². The Morgan fingerprint density at radius 3 is 2.80 bits per heavy atom. The van der Waals surface area contributed by atoms with Crippen LogP contribution in [0.1, 0.15) is 19.4 Å². The van der Waals surface area contributed by atoms with Gasteiger partial charge in [-0.3, -0.25) is 4.79 Å². The Morgan fingerprint density at radius 2 is 2.13 bits per heavy atom. The van der Waals surface area contributed by atoms with Crippen LogP contribution in [0.3, 0.4) is 0 Å². The predicted octanol–water partition coefficient (Wildman–Crippen LogP) is 1.99. The summed E-state index contributed by atoms with van der Waals surface area (Å²) in [5.41, 5.74) is 2.05. The molecule has 1 heterocycles. The number of benzene rings is 1. The highest BCUT2D eigenvalue weighted by atomic mass is 16.5. The topological polar surface area (TPSA) is 29.5 Å². The molecule has 0 atom stereocenters. The Hall–Kier alpha value is -1.51. The standard InChI is InChI=1S/C12H15NO2/c1-8(2)15-10-4-5-11-9(6-10)7-12(14)13(11)3/h4-6,8H,7H2,1-3H3. The number of carbonyl (C=O) groups is 1. The lowest BCUT2D eigenvalue weighted by Crippen LogP contribution is -2.20. The molecule has 0 saturated carbocycles. The van der Waals surface area contributed by atoms with Gasteiger partial charge in [0.15, 0.2) is 0 Å². The summed E-state index contributed by atoms with van der Waals surface area (Å²) in [4.78, 5) is 13.1. The van der Waals surface area contributed by atoms with Gasteiger partial charge in [-0.15, -0.1) is 0 Å². The Bertz CT molecular complexity index is 399. The number of ether oxygens (including phenoxy) is 1. The quantitative estimate of drug-likeness (QED) is 0.739. The van der Waals surface area contributed by atoms with Gasteiger partial charge in [-0.1, -0.05) is 0 Å². The number of nitrogens with zero attached hydrogens (tertiary/aromatic N) is 1. The Morgan fingerprint density at radius 1 is 1.40 bits per heavy atom. The minimum absolute atomic E-state index is 0.145. The maximum absolute atomic E-state index is 11.4. The van der Waals surface area contributed by atoms with Gasteiger partial charge in [0.2, 0.25) is 5.91 Å². The maximum Gasteiger partial charge on any atom is 0.231 e. The normalized spacial score (nSPS) is 14.7. The third-order valence-corrected chi connectivity index (χ3v) is 2.50. The largest absolute Gasteiger partial charge is 0.491 e. The third-order valence-electron chi connectivity index (χ3n) is 2.50. The van der Waals surface area contributed by atoms with E-state index in [0.29, 0.717) is 6.42 Å². The first-order valence-corrected chi connectivity index (χ1v) is 5.14. The summed E-state index contributed by atoms with van der Waals surface area (Å²) in [5.74, 6) is 0.985. The number of hydrogen-bond acceptors (Lipinski definition) is 2. The highest BCUT2D eigenvalue weighted by molar-refractivity contribution is 6.01. The van der Waals surface area contributed by atoms with Gasteiger partial charge in [0.1, 0.15) is 5.75 Å². The van der Waals surface area contributed by atoms with Crippen molar-refractivity contribution in [2.45, 2.75) is 26.4 Å². The lowest BCUT2D eigenvalue weighted by molar-refractivity contribution is -0.117. The smallest absolute Gasteiger partial charge is 0.231 e. The lowest BCUT2D eigenvalue weighted by atomic mass is 10.1. The van der Waals surface area contributed by atoms with Gasteiger partial charge in [-0.05, 0) is 37.6 Å². The summed E-state index contributed by atoms with van der Waals surface area (Å²) in [6, 6.07) is 5.81. The average Bonchev–Trinajstić information content (AvgIpc) is 2.41. The first kappa shape index (κ1) is 10.0. The number of rotatable bonds is 2. The second-order valence-electron chi connectivity index (χ2n) is 4.09. The molecule has 1 aromatic carbocycles. The number of fused-ring (bicyclic) bond motifs is 1. The molecule has 0 aliphatic carbocycles. The van der Waals surface area contributed by atoms with E-state index in [2.05, 4.69) is 0 Å². The number of hydrogen-bond donors (Lipinski definition) is 0. The summed E-state index contributed by atoms with van der Waals surface area (Å²) in [6.45, 7) is 3.98. The fourth-order valence-corrected chi connectivity index (χ4v) is 1.79. The van der Waals surface area contributed by atoms with Crippen molar-refractivity contribution in [3.05, 3.63) is 23.8 Å². The molecule has 0 radical (unpaired) electrons. The predicted molar refractivity (Wildman–Crippen MR) is 59.3 cm³/mol. The van der Waals surface area contributed by atoms with Crippen LogP contribution in [0.2, 0.25) is 0 Å². The summed E-state index contributed by atoms with van der Waals surface area (Å²) in [7, 11) is 1.80. The van der Waals surface area contributed by atoms with Gasteiger partial charge in [-0.25, -0.2) is 0 Å².